The average molecular weight is 280 g/mol. The quantitative estimate of drug-likeness (QED) is 0.780. The van der Waals surface area contributed by atoms with Gasteiger partial charge < -0.3 is 5.73 Å². The van der Waals surface area contributed by atoms with Crippen molar-refractivity contribution >= 4 is 5.69 Å². The van der Waals surface area contributed by atoms with E-state index >= 15 is 0 Å². The van der Waals surface area contributed by atoms with E-state index in [2.05, 4.69) is 47.4 Å². The Bertz CT molecular complexity index is 544. The van der Waals surface area contributed by atoms with Gasteiger partial charge in [0.1, 0.15) is 0 Å². The third-order valence-electron chi connectivity index (χ3n) is 4.18. The lowest BCUT2D eigenvalue weighted by Gasteiger charge is -2.22. The topological polar surface area (TPSA) is 29.3 Å². The van der Waals surface area contributed by atoms with E-state index < -0.39 is 0 Å². The highest BCUT2D eigenvalue weighted by Gasteiger charge is 2.28. The van der Waals surface area contributed by atoms with Crippen LogP contribution in [-0.2, 0) is 13.0 Å². The molecule has 2 aromatic rings. The molecule has 0 spiro atoms. The molecule has 1 aliphatic rings. The Kier molecular flexibility index (Phi) is 4.56. The number of nitrogens with zero attached hydrogens (tertiary/aromatic N) is 1. The standard InChI is InChI=1S/C19H24N2/c20-18-10-8-17(9-11-18)15-21(19-12-13-19)14-4-7-16-5-2-1-3-6-16/h1-3,5-6,8-11,19H,4,7,12-15,20H2. The van der Waals surface area contributed by atoms with Gasteiger partial charge in [0.2, 0.25) is 0 Å². The number of benzene rings is 2. The van der Waals surface area contributed by atoms with Crippen LogP contribution >= 0.6 is 0 Å². The van der Waals surface area contributed by atoms with Gasteiger partial charge in [-0.2, -0.15) is 0 Å². The van der Waals surface area contributed by atoms with Crippen LogP contribution in [0, 0.1) is 0 Å². The molecule has 0 radical (unpaired) electrons. The zero-order valence-corrected chi connectivity index (χ0v) is 12.5. The SMILES string of the molecule is Nc1ccc(CN(CCCc2ccccc2)C2CC2)cc1. The van der Waals surface area contributed by atoms with Gasteiger partial charge in [-0.15, -0.1) is 0 Å². The number of hydrogen-bond acceptors (Lipinski definition) is 2. The minimum Gasteiger partial charge on any atom is -0.399 e. The Morgan fingerprint density at radius 3 is 2.29 bits per heavy atom. The van der Waals surface area contributed by atoms with E-state index in [1.54, 1.807) is 0 Å². The predicted molar refractivity (Wildman–Crippen MR) is 89.0 cm³/mol. The molecule has 1 fully saturated rings. The first kappa shape index (κ1) is 14.2. The zero-order chi connectivity index (χ0) is 14.5. The van der Waals surface area contributed by atoms with Crippen LogP contribution in [0.2, 0.25) is 0 Å². The van der Waals surface area contributed by atoms with Gasteiger partial charge in [0, 0.05) is 18.3 Å². The van der Waals surface area contributed by atoms with Crippen LogP contribution in [0.25, 0.3) is 0 Å². The average Bonchev–Trinajstić information content (AvgIpc) is 3.34. The van der Waals surface area contributed by atoms with Gasteiger partial charge in [0.05, 0.1) is 0 Å². The van der Waals surface area contributed by atoms with Crippen LogP contribution < -0.4 is 5.73 Å². The number of hydrogen-bond donors (Lipinski definition) is 1. The highest BCUT2D eigenvalue weighted by molar-refractivity contribution is 5.39. The van der Waals surface area contributed by atoms with Gasteiger partial charge in [0.25, 0.3) is 0 Å². The molecular weight excluding hydrogens is 256 g/mol. The molecule has 0 amide bonds. The van der Waals surface area contributed by atoms with E-state index in [9.17, 15) is 0 Å². The summed E-state index contributed by atoms with van der Waals surface area (Å²) in [5.74, 6) is 0. The highest BCUT2D eigenvalue weighted by Crippen LogP contribution is 2.28. The van der Waals surface area contributed by atoms with Crippen molar-refractivity contribution in [1.29, 1.82) is 0 Å². The van der Waals surface area contributed by atoms with Crippen LogP contribution in [0.15, 0.2) is 54.6 Å². The molecule has 3 rings (SSSR count). The summed E-state index contributed by atoms with van der Waals surface area (Å²) in [4.78, 5) is 2.63. The van der Waals surface area contributed by atoms with Crippen molar-refractivity contribution < 1.29 is 0 Å². The van der Waals surface area contributed by atoms with Crippen molar-refractivity contribution in [3.8, 4) is 0 Å². The van der Waals surface area contributed by atoms with Crippen LogP contribution in [0.4, 0.5) is 5.69 Å². The van der Waals surface area contributed by atoms with Crippen molar-refractivity contribution in [2.24, 2.45) is 0 Å². The monoisotopic (exact) mass is 280 g/mol. The summed E-state index contributed by atoms with van der Waals surface area (Å²) in [7, 11) is 0. The number of aryl methyl sites for hydroxylation is 1. The first-order valence-electron chi connectivity index (χ1n) is 7.93. The Morgan fingerprint density at radius 1 is 0.905 bits per heavy atom. The fourth-order valence-corrected chi connectivity index (χ4v) is 2.82. The summed E-state index contributed by atoms with van der Waals surface area (Å²) in [5.41, 5.74) is 9.42. The molecule has 2 N–H and O–H groups in total. The van der Waals surface area contributed by atoms with Crippen LogP contribution in [0.5, 0.6) is 0 Å². The summed E-state index contributed by atoms with van der Waals surface area (Å²) in [5, 5.41) is 0. The second-order valence-corrected chi connectivity index (χ2v) is 6.03. The highest BCUT2D eigenvalue weighted by atomic mass is 15.2. The van der Waals surface area contributed by atoms with Crippen molar-refractivity contribution in [3.05, 3.63) is 65.7 Å². The van der Waals surface area contributed by atoms with E-state index in [0.717, 1.165) is 18.3 Å². The number of nitrogens with two attached hydrogens (primary N) is 1. The van der Waals surface area contributed by atoms with Crippen molar-refractivity contribution in [3.63, 3.8) is 0 Å². The summed E-state index contributed by atoms with van der Waals surface area (Å²) < 4.78 is 0. The Hall–Kier alpha value is -1.80. The molecule has 0 aromatic heterocycles. The Morgan fingerprint density at radius 2 is 1.62 bits per heavy atom. The van der Waals surface area contributed by atoms with Gasteiger partial charge in [-0.1, -0.05) is 42.5 Å². The second-order valence-electron chi connectivity index (χ2n) is 6.03. The van der Waals surface area contributed by atoms with Gasteiger partial charge >= 0.3 is 0 Å². The Balaban J connectivity index is 1.52. The lowest BCUT2D eigenvalue weighted by atomic mass is 10.1. The molecule has 2 heteroatoms. The summed E-state index contributed by atoms with van der Waals surface area (Å²) in [6.07, 6.45) is 5.13. The second kappa shape index (κ2) is 6.77. The minimum absolute atomic E-state index is 0.804. The molecule has 0 heterocycles. The third kappa shape index (κ3) is 4.33. The fourth-order valence-electron chi connectivity index (χ4n) is 2.82. The lowest BCUT2D eigenvalue weighted by molar-refractivity contribution is 0.251. The van der Waals surface area contributed by atoms with E-state index in [0.29, 0.717) is 0 Å². The lowest BCUT2D eigenvalue weighted by Crippen LogP contribution is -2.27. The van der Waals surface area contributed by atoms with E-state index in [4.69, 9.17) is 5.73 Å². The number of anilines is 1. The molecule has 0 unspecified atom stereocenters. The molecule has 0 atom stereocenters. The molecule has 1 saturated carbocycles. The van der Waals surface area contributed by atoms with Crippen LogP contribution in [0.3, 0.4) is 0 Å². The first-order valence-corrected chi connectivity index (χ1v) is 7.93. The largest absolute Gasteiger partial charge is 0.399 e. The molecule has 0 bridgehead atoms. The molecular formula is C19H24N2. The fraction of sp³-hybridized carbons (Fsp3) is 0.368. The maximum atomic E-state index is 5.76. The third-order valence-corrected chi connectivity index (χ3v) is 4.18. The smallest absolute Gasteiger partial charge is 0.0314 e. The number of rotatable bonds is 7. The van der Waals surface area contributed by atoms with E-state index in [-0.39, 0.29) is 0 Å². The summed E-state index contributed by atoms with van der Waals surface area (Å²) in [6, 6.07) is 19.9. The molecule has 2 nitrogen and oxygen atoms in total. The molecule has 0 aliphatic heterocycles. The number of nitrogen functional groups attached to an aromatic ring is 1. The first-order chi connectivity index (χ1) is 10.3. The van der Waals surface area contributed by atoms with Crippen LogP contribution in [-0.4, -0.2) is 17.5 Å². The van der Waals surface area contributed by atoms with E-state index in [1.807, 2.05) is 12.1 Å². The van der Waals surface area contributed by atoms with Crippen molar-refractivity contribution in [1.82, 2.24) is 4.90 Å². The predicted octanol–water partition coefficient (Wildman–Crippen LogP) is 3.87. The summed E-state index contributed by atoms with van der Waals surface area (Å²) in [6.45, 7) is 2.24. The molecule has 21 heavy (non-hydrogen) atoms. The maximum Gasteiger partial charge on any atom is 0.0314 e. The maximum absolute atomic E-state index is 5.76. The van der Waals surface area contributed by atoms with E-state index in [1.165, 1.54) is 43.4 Å². The molecule has 2 aromatic carbocycles. The van der Waals surface area contributed by atoms with Gasteiger partial charge in [-0.05, 0) is 55.5 Å². The normalized spacial score (nSPS) is 14.5. The Labute approximate surface area is 127 Å². The molecule has 0 saturated heterocycles. The minimum atomic E-state index is 0.804. The van der Waals surface area contributed by atoms with Crippen LogP contribution in [0.1, 0.15) is 30.4 Å². The molecule has 110 valence electrons. The van der Waals surface area contributed by atoms with Crippen molar-refractivity contribution in [2.75, 3.05) is 12.3 Å². The van der Waals surface area contributed by atoms with Gasteiger partial charge in [0.15, 0.2) is 0 Å². The van der Waals surface area contributed by atoms with Gasteiger partial charge in [-0.3, -0.25) is 4.90 Å². The van der Waals surface area contributed by atoms with Gasteiger partial charge in [-0.25, -0.2) is 0 Å². The van der Waals surface area contributed by atoms with Crippen molar-refractivity contribution in [2.45, 2.75) is 38.3 Å². The summed E-state index contributed by atoms with van der Waals surface area (Å²) >= 11 is 0. The molecule has 1 aliphatic carbocycles. The zero-order valence-electron chi connectivity index (χ0n) is 12.5.